The maximum Gasteiger partial charge on any atom is 0.282 e. The van der Waals surface area contributed by atoms with Crippen molar-refractivity contribution in [2.45, 2.75) is 24.4 Å². The maximum atomic E-state index is 12.3. The molecule has 0 radical (unpaired) electrons. The molecular formula is C16H18ClN4O5S+. The Balaban J connectivity index is 1.95. The summed E-state index contributed by atoms with van der Waals surface area (Å²) in [5, 5.41) is 20.2. The Morgan fingerprint density at radius 3 is 2.44 bits per heavy atom. The maximum absolute atomic E-state index is 12.3. The van der Waals surface area contributed by atoms with Gasteiger partial charge in [-0.2, -0.15) is 0 Å². The van der Waals surface area contributed by atoms with Crippen LogP contribution in [0.4, 0.5) is 11.4 Å². The molecule has 2 aromatic rings. The minimum atomic E-state index is -3.74. The average Bonchev–Trinajstić information content (AvgIpc) is 2.60. The number of nitrogens with zero attached hydrogens (tertiary/aromatic N) is 1. The third-order valence-electron chi connectivity index (χ3n) is 3.79. The van der Waals surface area contributed by atoms with Crippen molar-refractivity contribution in [1.29, 1.82) is 0 Å². The number of rotatable bonds is 7. The second-order valence-electron chi connectivity index (χ2n) is 5.83. The molecule has 144 valence electrons. The number of amides is 1. The number of benzene rings is 2. The first-order valence-corrected chi connectivity index (χ1v) is 9.70. The molecule has 27 heavy (non-hydrogen) atoms. The predicted molar refractivity (Wildman–Crippen MR) is 99.6 cm³/mol. The Labute approximate surface area is 160 Å². The predicted octanol–water partition coefficient (Wildman–Crippen LogP) is 0.986. The van der Waals surface area contributed by atoms with Crippen molar-refractivity contribution >= 4 is 38.9 Å². The summed E-state index contributed by atoms with van der Waals surface area (Å²) in [5.74, 6) is -0.327. The largest absolute Gasteiger partial charge is 0.333 e. The molecule has 0 fully saturated rings. The second kappa shape index (κ2) is 8.44. The number of primary sulfonamides is 1. The Bertz CT molecular complexity index is 963. The molecule has 5 N–H and O–H groups in total. The quantitative estimate of drug-likeness (QED) is 0.457. The van der Waals surface area contributed by atoms with Gasteiger partial charge in [0.15, 0.2) is 6.04 Å². The average molecular weight is 414 g/mol. The van der Waals surface area contributed by atoms with Gasteiger partial charge in [-0.05, 0) is 25.1 Å². The van der Waals surface area contributed by atoms with Crippen molar-refractivity contribution in [3.63, 3.8) is 0 Å². The topological polar surface area (TPSA) is 149 Å². The smallest absolute Gasteiger partial charge is 0.282 e. The molecule has 9 nitrogen and oxygen atoms in total. The van der Waals surface area contributed by atoms with Crippen LogP contribution in [0.25, 0.3) is 0 Å². The van der Waals surface area contributed by atoms with E-state index in [0.29, 0.717) is 6.54 Å². The monoisotopic (exact) mass is 413 g/mol. The van der Waals surface area contributed by atoms with Gasteiger partial charge in [0.25, 0.3) is 11.6 Å². The lowest BCUT2D eigenvalue weighted by Crippen LogP contribution is -2.90. The van der Waals surface area contributed by atoms with Crippen LogP contribution in [0.3, 0.4) is 0 Å². The van der Waals surface area contributed by atoms with Gasteiger partial charge in [-0.3, -0.25) is 14.9 Å². The fourth-order valence-electron chi connectivity index (χ4n) is 2.20. The number of non-ortho nitro benzene ring substituents is 1. The van der Waals surface area contributed by atoms with Gasteiger partial charge >= 0.3 is 0 Å². The molecule has 0 aliphatic carbocycles. The molecule has 0 saturated carbocycles. The molecular weight excluding hydrogens is 396 g/mol. The van der Waals surface area contributed by atoms with E-state index in [4.69, 9.17) is 16.7 Å². The van der Waals surface area contributed by atoms with Crippen LogP contribution in [-0.2, 0) is 21.4 Å². The number of carbonyl (C=O) groups excluding carboxylic acids is 1. The summed E-state index contributed by atoms with van der Waals surface area (Å²) in [6.45, 7) is 2.13. The number of nitro benzene ring substituents is 1. The number of nitrogens with two attached hydrogens (primary N) is 2. The summed E-state index contributed by atoms with van der Waals surface area (Å²) in [6, 6.07) is 9.36. The zero-order valence-corrected chi connectivity index (χ0v) is 15.8. The van der Waals surface area contributed by atoms with Gasteiger partial charge in [0.05, 0.1) is 20.5 Å². The Morgan fingerprint density at radius 1 is 1.30 bits per heavy atom. The minimum absolute atomic E-state index is 0.0184. The van der Waals surface area contributed by atoms with Gasteiger partial charge in [-0.15, -0.1) is 0 Å². The summed E-state index contributed by atoms with van der Waals surface area (Å²) < 4.78 is 22.5. The van der Waals surface area contributed by atoms with Crippen molar-refractivity contribution in [2.75, 3.05) is 5.32 Å². The first-order chi connectivity index (χ1) is 12.6. The van der Waals surface area contributed by atoms with Crippen molar-refractivity contribution in [3.8, 4) is 0 Å². The fraction of sp³-hybridized carbons (Fsp3) is 0.188. The number of hydrogen-bond donors (Lipinski definition) is 3. The third kappa shape index (κ3) is 5.73. The Hall–Kier alpha value is -2.53. The number of anilines is 1. The van der Waals surface area contributed by atoms with Crippen molar-refractivity contribution in [1.82, 2.24) is 0 Å². The van der Waals surface area contributed by atoms with E-state index >= 15 is 0 Å². The van der Waals surface area contributed by atoms with Crippen LogP contribution in [-0.4, -0.2) is 25.3 Å². The van der Waals surface area contributed by atoms with Crippen LogP contribution in [0.1, 0.15) is 12.5 Å². The first kappa shape index (κ1) is 20.8. The highest BCUT2D eigenvalue weighted by molar-refractivity contribution is 7.89. The number of sulfonamides is 1. The van der Waals surface area contributed by atoms with E-state index in [-0.39, 0.29) is 27.2 Å². The summed E-state index contributed by atoms with van der Waals surface area (Å²) in [6.07, 6.45) is 0. The molecule has 2 aromatic carbocycles. The third-order valence-corrected chi connectivity index (χ3v) is 5.04. The summed E-state index contributed by atoms with van der Waals surface area (Å²) in [5.41, 5.74) is 0.931. The van der Waals surface area contributed by atoms with E-state index < -0.39 is 21.0 Å². The lowest BCUT2D eigenvalue weighted by Gasteiger charge is -2.12. The summed E-state index contributed by atoms with van der Waals surface area (Å²) in [4.78, 5) is 22.4. The molecule has 0 aromatic heterocycles. The first-order valence-electron chi connectivity index (χ1n) is 7.78. The summed E-state index contributed by atoms with van der Waals surface area (Å²) in [7, 11) is -3.74. The SMILES string of the molecule is C[C@H]([NH2+]Cc1ccc(S(N)(=O)=O)cc1)C(=O)Nc1ccc([N+](=O)[O-])cc1Cl. The normalized spacial score (nSPS) is 12.4. The zero-order chi connectivity index (χ0) is 20.2. The molecule has 0 aliphatic rings. The highest BCUT2D eigenvalue weighted by Gasteiger charge is 2.18. The van der Waals surface area contributed by atoms with E-state index in [2.05, 4.69) is 5.32 Å². The lowest BCUT2D eigenvalue weighted by atomic mass is 10.2. The molecule has 0 aliphatic heterocycles. The number of carbonyl (C=O) groups is 1. The van der Waals surface area contributed by atoms with Gasteiger partial charge in [0.1, 0.15) is 6.54 Å². The van der Waals surface area contributed by atoms with E-state index in [1.54, 1.807) is 24.4 Å². The van der Waals surface area contributed by atoms with Crippen molar-refractivity contribution in [3.05, 3.63) is 63.2 Å². The zero-order valence-electron chi connectivity index (χ0n) is 14.3. The van der Waals surface area contributed by atoms with E-state index in [1.165, 1.54) is 30.3 Å². The van der Waals surface area contributed by atoms with Gasteiger partial charge in [0.2, 0.25) is 10.0 Å². The molecule has 0 bridgehead atoms. The van der Waals surface area contributed by atoms with Crippen LogP contribution in [0, 0.1) is 10.1 Å². The van der Waals surface area contributed by atoms with Gasteiger partial charge in [-0.1, -0.05) is 23.7 Å². The van der Waals surface area contributed by atoms with Crippen LogP contribution in [0.15, 0.2) is 47.4 Å². The number of hydrogen-bond acceptors (Lipinski definition) is 5. The van der Waals surface area contributed by atoms with Crippen LogP contribution in [0.2, 0.25) is 5.02 Å². The molecule has 0 spiro atoms. The van der Waals surface area contributed by atoms with Crippen molar-refractivity contribution < 1.29 is 23.5 Å². The van der Waals surface area contributed by atoms with Crippen LogP contribution in [0.5, 0.6) is 0 Å². The van der Waals surface area contributed by atoms with E-state index in [1.807, 2.05) is 0 Å². The van der Waals surface area contributed by atoms with E-state index in [9.17, 15) is 23.3 Å². The number of nitrogens with one attached hydrogen (secondary N) is 1. The van der Waals surface area contributed by atoms with E-state index in [0.717, 1.165) is 5.56 Å². The van der Waals surface area contributed by atoms with Crippen molar-refractivity contribution in [2.24, 2.45) is 5.14 Å². The minimum Gasteiger partial charge on any atom is -0.333 e. The molecule has 0 heterocycles. The number of nitro groups is 1. The highest BCUT2D eigenvalue weighted by atomic mass is 35.5. The molecule has 0 saturated heterocycles. The lowest BCUT2D eigenvalue weighted by molar-refractivity contribution is -0.688. The summed E-state index contributed by atoms with van der Waals surface area (Å²) >= 11 is 5.96. The van der Waals surface area contributed by atoms with Crippen LogP contribution < -0.4 is 15.8 Å². The van der Waals surface area contributed by atoms with Crippen LogP contribution >= 0.6 is 11.6 Å². The van der Waals surface area contributed by atoms with Gasteiger partial charge < -0.3 is 10.6 Å². The second-order valence-corrected chi connectivity index (χ2v) is 7.80. The highest BCUT2D eigenvalue weighted by Crippen LogP contribution is 2.26. The number of quaternary nitrogens is 1. The fourth-order valence-corrected chi connectivity index (χ4v) is 2.94. The molecule has 0 unspecified atom stereocenters. The molecule has 1 amide bonds. The number of halogens is 1. The Kier molecular flexibility index (Phi) is 6.50. The van der Waals surface area contributed by atoms with Gasteiger partial charge in [0, 0.05) is 17.7 Å². The molecule has 2 rings (SSSR count). The molecule has 1 atom stereocenters. The van der Waals surface area contributed by atoms with Gasteiger partial charge in [-0.25, -0.2) is 13.6 Å². The Morgan fingerprint density at radius 2 is 1.93 bits per heavy atom. The standard InChI is InChI=1S/C16H17ClN4O5S/c1-10(19-9-11-2-5-13(6-3-11)27(18,25)26)16(22)20-15-7-4-12(21(23)24)8-14(15)17/h2-8,10,19H,9H2,1H3,(H,20,22)(H2,18,25,26)/p+1/t10-/m0/s1. The molecule has 11 heteroatoms.